The van der Waals surface area contributed by atoms with Gasteiger partial charge in [0.25, 0.3) is 0 Å². The first-order valence-electron chi connectivity index (χ1n) is 4.90. The minimum atomic E-state index is -0.226. The lowest BCUT2D eigenvalue weighted by atomic mass is 10.4. The summed E-state index contributed by atoms with van der Waals surface area (Å²) in [6.07, 6.45) is 0. The van der Waals surface area contributed by atoms with Crippen LogP contribution in [0.1, 0.15) is 0 Å². The van der Waals surface area contributed by atoms with Crippen LogP contribution in [0.3, 0.4) is 0 Å². The summed E-state index contributed by atoms with van der Waals surface area (Å²) in [5, 5.41) is 5.63. The number of urea groups is 1. The highest BCUT2D eigenvalue weighted by molar-refractivity contribution is 9.11. The van der Waals surface area contributed by atoms with Crippen molar-refractivity contribution >= 4 is 37.9 Å². The van der Waals surface area contributed by atoms with Crippen LogP contribution >= 0.6 is 31.9 Å². The summed E-state index contributed by atoms with van der Waals surface area (Å²) in [5.41, 5.74) is 2.61. The van der Waals surface area contributed by atoms with Gasteiger partial charge >= 0.3 is 6.03 Å². The number of carbonyl (C=O) groups excluding carboxylic acids is 1. The minimum Gasteiger partial charge on any atom is -0.321 e. The number of piperazine rings is 1. The van der Waals surface area contributed by atoms with E-state index in [0.29, 0.717) is 35.6 Å². The fraction of sp³-hybridized carbons (Fsp3) is 0.571. The Bertz CT molecular complexity index is 414. The van der Waals surface area contributed by atoms with E-state index < -0.39 is 0 Å². The highest BCUT2D eigenvalue weighted by atomic mass is 79.9. The Morgan fingerprint density at radius 2 is 1.94 bits per heavy atom. The van der Waals surface area contributed by atoms with E-state index in [0.717, 1.165) is 0 Å². The second kappa shape index (κ2) is 5.29. The van der Waals surface area contributed by atoms with Gasteiger partial charge in [0.1, 0.15) is 0 Å². The Labute approximate surface area is 114 Å². The van der Waals surface area contributed by atoms with E-state index in [9.17, 15) is 4.79 Å². The Hall–Kier alpha value is -0.710. The van der Waals surface area contributed by atoms with Gasteiger partial charge in [-0.1, -0.05) is 0 Å². The maximum absolute atomic E-state index is 11.9. The lowest BCUT2D eigenvalue weighted by molar-refractivity contribution is 0.146. The molecule has 94 valence electrons. The van der Waals surface area contributed by atoms with E-state index in [1.54, 1.807) is 9.91 Å². The molecule has 1 fully saturated rings. The van der Waals surface area contributed by atoms with Gasteiger partial charge in [-0.25, -0.2) is 15.2 Å². The summed E-state index contributed by atoms with van der Waals surface area (Å²) in [6, 6.07) is -0.226. The summed E-state index contributed by atoms with van der Waals surface area (Å²) in [4.78, 5) is 18.7. The third-order valence-electron chi connectivity index (χ3n) is 2.34. The molecule has 0 radical (unpaired) electrons. The fourth-order valence-electron chi connectivity index (χ4n) is 1.43. The number of rotatable bonds is 1. The van der Waals surface area contributed by atoms with Crippen molar-refractivity contribution in [2.75, 3.05) is 31.6 Å². The smallest absolute Gasteiger partial charge is 0.321 e. The van der Waals surface area contributed by atoms with Crippen LogP contribution in [0.2, 0.25) is 0 Å². The molecule has 0 unspecified atom stereocenters. The van der Waals surface area contributed by atoms with Gasteiger partial charge in [0, 0.05) is 26.2 Å². The molecule has 0 saturated carbocycles. The van der Waals surface area contributed by atoms with Crippen molar-refractivity contribution in [2.24, 2.45) is 5.84 Å². The Morgan fingerprint density at radius 3 is 2.47 bits per heavy atom. The van der Waals surface area contributed by atoms with Crippen LogP contribution < -0.4 is 11.3 Å². The number of amides is 2. The van der Waals surface area contributed by atoms with E-state index in [1.807, 2.05) is 0 Å². The molecule has 0 aliphatic carbocycles. The van der Waals surface area contributed by atoms with Crippen molar-refractivity contribution in [1.29, 1.82) is 0 Å². The van der Waals surface area contributed by atoms with Crippen molar-refractivity contribution in [2.45, 2.75) is 0 Å². The molecule has 8 nitrogen and oxygen atoms in total. The first-order chi connectivity index (χ1) is 8.06. The Kier molecular flexibility index (Phi) is 3.97. The summed E-state index contributed by atoms with van der Waals surface area (Å²) >= 11 is 6.29. The number of nitrogens with two attached hydrogens (primary N) is 1. The molecule has 1 aliphatic rings. The van der Waals surface area contributed by atoms with E-state index >= 15 is 0 Å². The van der Waals surface area contributed by atoms with Crippen molar-refractivity contribution in [3.8, 4) is 0 Å². The van der Waals surface area contributed by atoms with Crippen molar-refractivity contribution in [1.82, 2.24) is 24.8 Å². The Morgan fingerprint density at radius 1 is 1.29 bits per heavy atom. The average molecular weight is 369 g/mol. The van der Waals surface area contributed by atoms with Gasteiger partial charge in [-0.15, -0.1) is 9.89 Å². The van der Waals surface area contributed by atoms with Crippen LogP contribution in [0.15, 0.2) is 9.47 Å². The zero-order chi connectivity index (χ0) is 12.4. The molecule has 2 heterocycles. The fourth-order valence-corrected chi connectivity index (χ4v) is 2.33. The zero-order valence-corrected chi connectivity index (χ0v) is 12.0. The number of carbonyl (C=O) groups is 1. The van der Waals surface area contributed by atoms with Crippen LogP contribution in [-0.4, -0.2) is 57.0 Å². The molecule has 3 N–H and O–H groups in total. The molecule has 1 aliphatic heterocycles. The molecule has 2 rings (SSSR count). The van der Waals surface area contributed by atoms with Gasteiger partial charge in [-0.3, -0.25) is 5.84 Å². The number of hydrogen-bond acceptors (Lipinski definition) is 5. The molecular formula is C7H11Br2N7O. The number of halogens is 2. The average Bonchev–Trinajstić information content (AvgIpc) is 2.58. The lowest BCUT2D eigenvalue weighted by Gasteiger charge is -2.31. The van der Waals surface area contributed by atoms with Crippen LogP contribution in [0.25, 0.3) is 0 Å². The molecular weight excluding hydrogens is 358 g/mol. The molecule has 2 amide bonds. The molecule has 0 spiro atoms. The molecule has 1 saturated heterocycles. The van der Waals surface area contributed by atoms with Crippen LogP contribution in [0.4, 0.5) is 4.79 Å². The van der Waals surface area contributed by atoms with E-state index in [4.69, 9.17) is 5.84 Å². The first-order valence-corrected chi connectivity index (χ1v) is 6.48. The van der Waals surface area contributed by atoms with Crippen molar-refractivity contribution in [3.63, 3.8) is 0 Å². The topological polar surface area (TPSA) is 92.3 Å². The quantitative estimate of drug-likeness (QED) is 0.678. The molecule has 0 aromatic carbocycles. The van der Waals surface area contributed by atoms with Crippen LogP contribution in [-0.2, 0) is 0 Å². The van der Waals surface area contributed by atoms with Crippen LogP contribution in [0, 0.1) is 0 Å². The van der Waals surface area contributed by atoms with Crippen molar-refractivity contribution < 1.29 is 4.79 Å². The lowest BCUT2D eigenvalue weighted by Crippen LogP contribution is -2.53. The molecule has 17 heavy (non-hydrogen) atoms. The number of hydrogen-bond donors (Lipinski definition) is 2. The predicted octanol–water partition coefficient (Wildman–Crippen LogP) is -0.0421. The van der Waals surface area contributed by atoms with Gasteiger partial charge in [-0.2, -0.15) is 4.98 Å². The molecule has 10 heteroatoms. The maximum atomic E-state index is 11.9. The maximum Gasteiger partial charge on any atom is 0.337 e. The van der Waals surface area contributed by atoms with E-state index in [-0.39, 0.29) is 6.03 Å². The van der Waals surface area contributed by atoms with E-state index in [1.165, 1.54) is 4.79 Å². The third kappa shape index (κ3) is 3.15. The number of nitrogens with zero attached hydrogens (tertiary/aromatic N) is 5. The van der Waals surface area contributed by atoms with Gasteiger partial charge in [0.15, 0.2) is 0 Å². The number of hydrazine groups is 1. The van der Waals surface area contributed by atoms with Gasteiger partial charge < -0.3 is 4.90 Å². The molecule has 0 bridgehead atoms. The Balaban J connectivity index is 1.95. The first kappa shape index (κ1) is 12.7. The second-order valence-corrected chi connectivity index (χ2v) is 4.92. The minimum absolute atomic E-state index is 0.226. The van der Waals surface area contributed by atoms with Gasteiger partial charge in [0.05, 0.1) is 0 Å². The number of nitrogens with one attached hydrogen (secondary N) is 1. The normalized spacial score (nSPS) is 17.2. The van der Waals surface area contributed by atoms with Crippen LogP contribution in [0.5, 0.6) is 0 Å². The molecule has 1 aromatic rings. The number of aromatic nitrogens is 3. The summed E-state index contributed by atoms with van der Waals surface area (Å²) in [7, 11) is 0. The standard InChI is InChI=1S/C7H11Br2N7O/c8-5-11-6(9)16(12-5)13-7(17)14-1-3-15(10)4-2-14/h1-4,10H2,(H,13,17). The summed E-state index contributed by atoms with van der Waals surface area (Å²) < 4.78 is 0.826. The molecule has 1 aromatic heterocycles. The predicted molar refractivity (Wildman–Crippen MR) is 67.5 cm³/mol. The SMILES string of the molecule is NN1CCN(C(=O)Nn2nc(Br)nc2Br)CC1. The van der Waals surface area contributed by atoms with Gasteiger partial charge in [0.2, 0.25) is 9.47 Å². The van der Waals surface area contributed by atoms with E-state index in [2.05, 4.69) is 47.4 Å². The monoisotopic (exact) mass is 367 g/mol. The summed E-state index contributed by atoms with van der Waals surface area (Å²) in [5.74, 6) is 5.61. The second-order valence-electron chi connectivity index (χ2n) is 3.50. The summed E-state index contributed by atoms with van der Waals surface area (Å²) in [6.45, 7) is 2.51. The van der Waals surface area contributed by atoms with Crippen molar-refractivity contribution in [3.05, 3.63) is 9.47 Å². The highest BCUT2D eigenvalue weighted by Crippen LogP contribution is 2.09. The zero-order valence-electron chi connectivity index (χ0n) is 8.81. The largest absolute Gasteiger partial charge is 0.337 e. The van der Waals surface area contributed by atoms with Gasteiger partial charge in [-0.05, 0) is 31.9 Å². The highest BCUT2D eigenvalue weighted by Gasteiger charge is 2.20. The third-order valence-corrected chi connectivity index (χ3v) is 3.19. The molecule has 0 atom stereocenters.